The van der Waals surface area contributed by atoms with E-state index in [1.165, 1.54) is 5.52 Å². The SMILES string of the molecule is Cn1ccc2cc(-n3nncc3CCCNC(=O)OC(C)(C)C)ccc21. The zero-order valence-electron chi connectivity index (χ0n) is 15.7. The van der Waals surface area contributed by atoms with Crippen molar-refractivity contribution < 1.29 is 9.53 Å². The second kappa shape index (κ2) is 7.19. The normalized spacial score (nSPS) is 11.7. The van der Waals surface area contributed by atoms with Crippen LogP contribution >= 0.6 is 0 Å². The lowest BCUT2D eigenvalue weighted by atomic mass is 10.2. The third-order valence-corrected chi connectivity index (χ3v) is 4.01. The van der Waals surface area contributed by atoms with E-state index in [2.05, 4.69) is 38.4 Å². The monoisotopic (exact) mass is 355 g/mol. The highest BCUT2D eigenvalue weighted by molar-refractivity contribution is 5.82. The number of aromatic nitrogens is 4. The molecule has 0 spiro atoms. The molecule has 0 saturated heterocycles. The van der Waals surface area contributed by atoms with E-state index >= 15 is 0 Å². The molecule has 1 N–H and O–H groups in total. The highest BCUT2D eigenvalue weighted by Gasteiger charge is 2.15. The number of carbonyl (C=O) groups is 1. The second-order valence-corrected chi connectivity index (χ2v) is 7.34. The van der Waals surface area contributed by atoms with Crippen molar-refractivity contribution in [1.82, 2.24) is 24.9 Å². The van der Waals surface area contributed by atoms with E-state index in [0.717, 1.165) is 29.6 Å². The molecule has 7 nitrogen and oxygen atoms in total. The van der Waals surface area contributed by atoms with E-state index < -0.39 is 11.7 Å². The first-order chi connectivity index (χ1) is 12.3. The average molecular weight is 355 g/mol. The third kappa shape index (κ3) is 4.22. The van der Waals surface area contributed by atoms with Crippen molar-refractivity contribution in [3.05, 3.63) is 42.4 Å². The first-order valence-corrected chi connectivity index (χ1v) is 8.75. The summed E-state index contributed by atoms with van der Waals surface area (Å²) in [6, 6.07) is 8.31. The largest absolute Gasteiger partial charge is 0.444 e. The maximum absolute atomic E-state index is 11.7. The van der Waals surface area contributed by atoms with Gasteiger partial charge in [0.05, 0.1) is 17.6 Å². The molecule has 0 bridgehead atoms. The minimum absolute atomic E-state index is 0.390. The van der Waals surface area contributed by atoms with Gasteiger partial charge in [0, 0.05) is 30.7 Å². The molecule has 7 heteroatoms. The molecule has 0 atom stereocenters. The molecule has 2 aromatic heterocycles. The fourth-order valence-corrected chi connectivity index (χ4v) is 2.82. The van der Waals surface area contributed by atoms with Crippen LogP contribution < -0.4 is 5.32 Å². The molecule has 0 aliphatic heterocycles. The van der Waals surface area contributed by atoms with Gasteiger partial charge < -0.3 is 14.6 Å². The van der Waals surface area contributed by atoms with Crippen LogP contribution in [-0.2, 0) is 18.2 Å². The van der Waals surface area contributed by atoms with Crippen LogP contribution in [0, 0.1) is 0 Å². The molecule has 2 heterocycles. The van der Waals surface area contributed by atoms with Crippen LogP contribution in [0.3, 0.4) is 0 Å². The molecule has 0 aliphatic carbocycles. The minimum Gasteiger partial charge on any atom is -0.444 e. The van der Waals surface area contributed by atoms with Crippen LogP contribution in [0.2, 0.25) is 0 Å². The molecule has 0 fully saturated rings. The Morgan fingerprint density at radius 2 is 2.08 bits per heavy atom. The maximum Gasteiger partial charge on any atom is 0.407 e. The topological polar surface area (TPSA) is 74.0 Å². The Morgan fingerprint density at radius 1 is 1.27 bits per heavy atom. The average Bonchev–Trinajstić information content (AvgIpc) is 3.17. The molecule has 1 aromatic carbocycles. The number of carbonyl (C=O) groups excluding carboxylic acids is 1. The summed E-state index contributed by atoms with van der Waals surface area (Å²) >= 11 is 0. The molecular formula is C19H25N5O2. The molecule has 0 aliphatic rings. The molecule has 0 radical (unpaired) electrons. The van der Waals surface area contributed by atoms with E-state index in [-0.39, 0.29) is 0 Å². The fraction of sp³-hybridized carbons (Fsp3) is 0.421. The molecule has 3 rings (SSSR count). The summed E-state index contributed by atoms with van der Waals surface area (Å²) < 4.78 is 9.16. The van der Waals surface area contributed by atoms with Crippen molar-refractivity contribution in [3.63, 3.8) is 0 Å². The zero-order chi connectivity index (χ0) is 18.7. The van der Waals surface area contributed by atoms with Gasteiger partial charge in [-0.1, -0.05) is 5.21 Å². The summed E-state index contributed by atoms with van der Waals surface area (Å²) in [7, 11) is 2.03. The van der Waals surface area contributed by atoms with E-state index in [1.807, 2.05) is 44.8 Å². The Bertz CT molecular complexity index is 904. The van der Waals surface area contributed by atoms with Gasteiger partial charge in [0.25, 0.3) is 0 Å². The van der Waals surface area contributed by atoms with Gasteiger partial charge in [-0.05, 0) is 57.9 Å². The van der Waals surface area contributed by atoms with Crippen LogP contribution in [0.25, 0.3) is 16.6 Å². The standard InChI is InChI=1S/C19H25N5O2/c1-19(2,3)26-18(25)20-10-5-6-16-13-21-22-24(16)15-7-8-17-14(12-15)9-11-23(17)4/h7-9,11-13H,5-6,10H2,1-4H3,(H,20,25). The Hall–Kier alpha value is -2.83. The predicted octanol–water partition coefficient (Wildman–Crippen LogP) is 3.22. The maximum atomic E-state index is 11.7. The summed E-state index contributed by atoms with van der Waals surface area (Å²) in [6.45, 7) is 6.08. The van der Waals surface area contributed by atoms with Crippen LogP contribution in [0.15, 0.2) is 36.7 Å². The second-order valence-electron chi connectivity index (χ2n) is 7.34. The van der Waals surface area contributed by atoms with Crippen molar-refractivity contribution in [2.24, 2.45) is 7.05 Å². The Morgan fingerprint density at radius 3 is 2.85 bits per heavy atom. The van der Waals surface area contributed by atoms with Gasteiger partial charge in [0.15, 0.2) is 0 Å². The predicted molar refractivity (Wildman–Crippen MR) is 100 cm³/mol. The molecule has 1 amide bonds. The quantitative estimate of drug-likeness (QED) is 0.713. The van der Waals surface area contributed by atoms with Crippen LogP contribution in [0.4, 0.5) is 4.79 Å². The van der Waals surface area contributed by atoms with Crippen LogP contribution in [0.5, 0.6) is 0 Å². The number of hydrogen-bond donors (Lipinski definition) is 1. The first-order valence-electron chi connectivity index (χ1n) is 8.75. The number of aryl methyl sites for hydroxylation is 2. The number of alkyl carbamates (subject to hydrolysis) is 1. The fourth-order valence-electron chi connectivity index (χ4n) is 2.82. The molecule has 0 unspecified atom stereocenters. The molecule has 0 saturated carbocycles. The summed E-state index contributed by atoms with van der Waals surface area (Å²) in [5, 5.41) is 12.2. The van der Waals surface area contributed by atoms with Gasteiger partial charge in [0.1, 0.15) is 5.60 Å². The first kappa shape index (κ1) is 18.0. The lowest BCUT2D eigenvalue weighted by molar-refractivity contribution is 0.0527. The van der Waals surface area contributed by atoms with Gasteiger partial charge in [-0.25, -0.2) is 9.48 Å². The van der Waals surface area contributed by atoms with Gasteiger partial charge in [-0.3, -0.25) is 0 Å². The summed E-state index contributed by atoms with van der Waals surface area (Å²) in [6.07, 6.45) is 4.95. The number of benzene rings is 1. The molecule has 3 aromatic rings. The Kier molecular flexibility index (Phi) is 4.97. The molecule has 26 heavy (non-hydrogen) atoms. The van der Waals surface area contributed by atoms with Crippen molar-refractivity contribution >= 4 is 17.0 Å². The van der Waals surface area contributed by atoms with Gasteiger partial charge in [-0.15, -0.1) is 5.10 Å². The number of fused-ring (bicyclic) bond motifs is 1. The summed E-state index contributed by atoms with van der Waals surface area (Å²) in [5.74, 6) is 0. The highest BCUT2D eigenvalue weighted by atomic mass is 16.6. The lowest BCUT2D eigenvalue weighted by Crippen LogP contribution is -2.33. The van der Waals surface area contributed by atoms with Crippen LogP contribution in [-0.4, -0.2) is 37.8 Å². The zero-order valence-corrected chi connectivity index (χ0v) is 15.7. The summed E-state index contributed by atoms with van der Waals surface area (Å²) in [5.41, 5.74) is 2.68. The smallest absolute Gasteiger partial charge is 0.407 e. The lowest BCUT2D eigenvalue weighted by Gasteiger charge is -2.19. The number of nitrogens with one attached hydrogen (secondary N) is 1. The minimum atomic E-state index is -0.483. The third-order valence-electron chi connectivity index (χ3n) is 4.01. The number of nitrogens with zero attached hydrogens (tertiary/aromatic N) is 4. The van der Waals surface area contributed by atoms with Gasteiger partial charge in [0.2, 0.25) is 0 Å². The van der Waals surface area contributed by atoms with E-state index in [4.69, 9.17) is 4.74 Å². The summed E-state index contributed by atoms with van der Waals surface area (Å²) in [4.78, 5) is 11.7. The van der Waals surface area contributed by atoms with E-state index in [1.54, 1.807) is 6.20 Å². The van der Waals surface area contributed by atoms with E-state index in [9.17, 15) is 4.79 Å². The Balaban J connectivity index is 1.60. The van der Waals surface area contributed by atoms with Crippen molar-refractivity contribution in [1.29, 1.82) is 0 Å². The number of hydrogen-bond acceptors (Lipinski definition) is 4. The van der Waals surface area contributed by atoms with E-state index in [0.29, 0.717) is 6.54 Å². The van der Waals surface area contributed by atoms with Gasteiger partial charge >= 0.3 is 6.09 Å². The van der Waals surface area contributed by atoms with Crippen LogP contribution in [0.1, 0.15) is 32.9 Å². The van der Waals surface area contributed by atoms with Crippen molar-refractivity contribution in [2.45, 2.75) is 39.2 Å². The number of rotatable bonds is 5. The Labute approximate surface area is 152 Å². The van der Waals surface area contributed by atoms with Crippen molar-refractivity contribution in [2.75, 3.05) is 6.54 Å². The van der Waals surface area contributed by atoms with Gasteiger partial charge in [-0.2, -0.15) is 0 Å². The van der Waals surface area contributed by atoms with Crippen molar-refractivity contribution in [3.8, 4) is 5.69 Å². The molecular weight excluding hydrogens is 330 g/mol. The molecule has 138 valence electrons. The number of ether oxygens (including phenoxy) is 1. The number of amides is 1. The highest BCUT2D eigenvalue weighted by Crippen LogP contribution is 2.20.